The van der Waals surface area contributed by atoms with E-state index < -0.39 is 10.0 Å². The van der Waals surface area contributed by atoms with Crippen LogP contribution >= 0.6 is 24.0 Å². The van der Waals surface area contributed by atoms with Gasteiger partial charge in [-0.05, 0) is 13.8 Å². The lowest BCUT2D eigenvalue weighted by Crippen LogP contribution is -2.38. The summed E-state index contributed by atoms with van der Waals surface area (Å²) in [6, 6.07) is 0. The molecule has 0 saturated heterocycles. The SMILES string of the molecule is C=CCNC(=NCCNS(=O)(=O)CC)NCC.I. The zero-order chi connectivity index (χ0) is 13.1. The molecule has 0 aromatic carbocycles. The van der Waals surface area contributed by atoms with Crippen molar-refractivity contribution in [1.29, 1.82) is 0 Å². The van der Waals surface area contributed by atoms with E-state index in [1.807, 2.05) is 6.92 Å². The molecule has 0 saturated carbocycles. The molecule has 0 spiro atoms. The van der Waals surface area contributed by atoms with Crippen LogP contribution in [0.25, 0.3) is 0 Å². The molecule has 0 aliphatic heterocycles. The second-order valence-electron chi connectivity index (χ2n) is 3.23. The van der Waals surface area contributed by atoms with Crippen molar-refractivity contribution in [3.63, 3.8) is 0 Å². The fourth-order valence-electron chi connectivity index (χ4n) is 0.982. The zero-order valence-corrected chi connectivity index (χ0v) is 14.0. The first-order chi connectivity index (χ1) is 8.05. The van der Waals surface area contributed by atoms with Crippen molar-refractivity contribution in [2.45, 2.75) is 13.8 Å². The van der Waals surface area contributed by atoms with Gasteiger partial charge in [0.2, 0.25) is 10.0 Å². The Labute approximate surface area is 127 Å². The van der Waals surface area contributed by atoms with Crippen molar-refractivity contribution in [3.05, 3.63) is 12.7 Å². The van der Waals surface area contributed by atoms with Gasteiger partial charge in [0, 0.05) is 19.6 Å². The van der Waals surface area contributed by atoms with Gasteiger partial charge in [-0.15, -0.1) is 30.6 Å². The Kier molecular flexibility index (Phi) is 13.0. The van der Waals surface area contributed by atoms with Crippen molar-refractivity contribution in [2.75, 3.05) is 31.9 Å². The molecule has 0 atom stereocenters. The van der Waals surface area contributed by atoms with Gasteiger partial charge in [-0.2, -0.15) is 0 Å². The molecule has 3 N–H and O–H groups in total. The summed E-state index contributed by atoms with van der Waals surface area (Å²) >= 11 is 0. The third kappa shape index (κ3) is 10.8. The Bertz CT molecular complexity index is 344. The van der Waals surface area contributed by atoms with E-state index in [0.29, 0.717) is 25.6 Å². The van der Waals surface area contributed by atoms with Gasteiger partial charge in [0.15, 0.2) is 5.96 Å². The predicted octanol–water partition coefficient (Wildman–Crippen LogP) is 0.285. The Morgan fingerprint density at radius 2 is 2.00 bits per heavy atom. The van der Waals surface area contributed by atoms with Crippen LogP contribution in [0.15, 0.2) is 17.6 Å². The number of nitrogens with one attached hydrogen (secondary N) is 3. The van der Waals surface area contributed by atoms with Crippen LogP contribution in [-0.4, -0.2) is 46.3 Å². The molecule has 0 amide bonds. The first-order valence-electron chi connectivity index (χ1n) is 5.66. The van der Waals surface area contributed by atoms with Gasteiger partial charge in [-0.1, -0.05) is 6.08 Å². The smallest absolute Gasteiger partial charge is 0.211 e. The molecular weight excluding hydrogens is 367 g/mol. The van der Waals surface area contributed by atoms with E-state index in [1.54, 1.807) is 13.0 Å². The van der Waals surface area contributed by atoms with Crippen LogP contribution < -0.4 is 15.4 Å². The molecule has 0 unspecified atom stereocenters. The van der Waals surface area contributed by atoms with Gasteiger partial charge in [-0.25, -0.2) is 13.1 Å². The standard InChI is InChI=1S/C10H22N4O2S.HI/c1-4-7-12-10(11-5-2)13-8-9-14-17(15,16)6-3;/h4,14H,1,5-9H2,2-3H3,(H2,11,12,13);1H. The third-order valence-corrected chi connectivity index (χ3v) is 3.25. The maximum absolute atomic E-state index is 11.1. The van der Waals surface area contributed by atoms with E-state index in [1.165, 1.54) is 0 Å². The highest BCUT2D eigenvalue weighted by Crippen LogP contribution is 1.81. The van der Waals surface area contributed by atoms with Crippen LogP contribution in [0.4, 0.5) is 0 Å². The summed E-state index contributed by atoms with van der Waals surface area (Å²) in [5.41, 5.74) is 0. The second-order valence-corrected chi connectivity index (χ2v) is 5.32. The molecule has 0 aliphatic rings. The highest BCUT2D eigenvalue weighted by atomic mass is 127. The number of aliphatic imine (C=N–C) groups is 1. The maximum Gasteiger partial charge on any atom is 0.211 e. The Morgan fingerprint density at radius 1 is 1.33 bits per heavy atom. The van der Waals surface area contributed by atoms with Crippen molar-refractivity contribution in [3.8, 4) is 0 Å². The lowest BCUT2D eigenvalue weighted by molar-refractivity contribution is 0.583. The number of rotatable bonds is 8. The normalized spacial score (nSPS) is 11.6. The van der Waals surface area contributed by atoms with E-state index in [-0.39, 0.29) is 29.7 Å². The Hall–Kier alpha value is -0.350. The number of guanidine groups is 1. The summed E-state index contributed by atoms with van der Waals surface area (Å²) in [6.07, 6.45) is 1.73. The largest absolute Gasteiger partial charge is 0.357 e. The van der Waals surface area contributed by atoms with Crippen molar-refractivity contribution in [1.82, 2.24) is 15.4 Å². The van der Waals surface area contributed by atoms with E-state index in [2.05, 4.69) is 26.9 Å². The van der Waals surface area contributed by atoms with E-state index in [0.717, 1.165) is 6.54 Å². The maximum atomic E-state index is 11.1. The molecule has 0 aromatic heterocycles. The van der Waals surface area contributed by atoms with Gasteiger partial charge in [-0.3, -0.25) is 4.99 Å². The van der Waals surface area contributed by atoms with E-state index >= 15 is 0 Å². The fourth-order valence-corrected chi connectivity index (χ4v) is 1.59. The summed E-state index contributed by atoms with van der Waals surface area (Å²) in [7, 11) is -3.12. The minimum Gasteiger partial charge on any atom is -0.357 e. The number of sulfonamides is 1. The Morgan fingerprint density at radius 3 is 2.50 bits per heavy atom. The topological polar surface area (TPSA) is 82.6 Å². The quantitative estimate of drug-likeness (QED) is 0.183. The summed E-state index contributed by atoms with van der Waals surface area (Å²) in [4.78, 5) is 4.21. The molecule has 0 bridgehead atoms. The van der Waals surface area contributed by atoms with E-state index in [9.17, 15) is 8.42 Å². The van der Waals surface area contributed by atoms with Gasteiger partial charge >= 0.3 is 0 Å². The molecule has 0 heterocycles. The number of hydrogen-bond acceptors (Lipinski definition) is 3. The van der Waals surface area contributed by atoms with Crippen LogP contribution in [0, 0.1) is 0 Å². The lowest BCUT2D eigenvalue weighted by atomic mass is 10.6. The first kappa shape index (κ1) is 20.0. The molecule has 0 rings (SSSR count). The number of hydrogen-bond donors (Lipinski definition) is 3. The summed E-state index contributed by atoms with van der Waals surface area (Å²) in [5, 5.41) is 6.07. The molecule has 0 radical (unpaired) electrons. The number of halogens is 1. The van der Waals surface area contributed by atoms with Crippen LogP contribution in [-0.2, 0) is 10.0 Å². The average Bonchev–Trinajstić information content (AvgIpc) is 2.31. The summed E-state index contributed by atoms with van der Waals surface area (Å²) in [6.45, 7) is 9.23. The number of nitrogens with zero attached hydrogens (tertiary/aromatic N) is 1. The monoisotopic (exact) mass is 390 g/mol. The molecule has 0 fully saturated rings. The van der Waals surface area contributed by atoms with Crippen molar-refractivity contribution >= 4 is 40.0 Å². The van der Waals surface area contributed by atoms with Crippen molar-refractivity contribution in [2.24, 2.45) is 4.99 Å². The van der Waals surface area contributed by atoms with Gasteiger partial charge in [0.25, 0.3) is 0 Å². The van der Waals surface area contributed by atoms with Gasteiger partial charge in [0.1, 0.15) is 0 Å². The summed E-state index contributed by atoms with van der Waals surface area (Å²) in [5.74, 6) is 0.744. The van der Waals surface area contributed by atoms with Gasteiger partial charge < -0.3 is 10.6 Å². The third-order valence-electron chi connectivity index (χ3n) is 1.84. The zero-order valence-electron chi connectivity index (χ0n) is 10.9. The minimum atomic E-state index is -3.12. The highest BCUT2D eigenvalue weighted by Gasteiger charge is 2.04. The second kappa shape index (κ2) is 11.7. The van der Waals surface area contributed by atoms with Crippen LogP contribution in [0.5, 0.6) is 0 Å². The average molecular weight is 390 g/mol. The molecule has 0 aliphatic carbocycles. The molecule has 8 heteroatoms. The molecule has 108 valence electrons. The van der Waals surface area contributed by atoms with Crippen LogP contribution in [0.1, 0.15) is 13.8 Å². The van der Waals surface area contributed by atoms with Crippen LogP contribution in [0.2, 0.25) is 0 Å². The van der Waals surface area contributed by atoms with Crippen LogP contribution in [0.3, 0.4) is 0 Å². The fraction of sp³-hybridized carbons (Fsp3) is 0.700. The minimum absolute atomic E-state index is 0. The molecular formula is C10H23IN4O2S. The molecule has 18 heavy (non-hydrogen) atoms. The molecule has 6 nitrogen and oxygen atoms in total. The van der Waals surface area contributed by atoms with Gasteiger partial charge in [0.05, 0.1) is 12.3 Å². The highest BCUT2D eigenvalue weighted by molar-refractivity contribution is 14.0. The predicted molar refractivity (Wildman–Crippen MR) is 87.1 cm³/mol. The Balaban J connectivity index is 0. The lowest BCUT2D eigenvalue weighted by Gasteiger charge is -2.09. The molecule has 0 aromatic rings. The van der Waals surface area contributed by atoms with Crippen molar-refractivity contribution < 1.29 is 8.42 Å². The summed E-state index contributed by atoms with van der Waals surface area (Å²) < 4.78 is 24.7. The first-order valence-corrected chi connectivity index (χ1v) is 7.31. The van der Waals surface area contributed by atoms with E-state index in [4.69, 9.17) is 0 Å².